The van der Waals surface area contributed by atoms with Crippen LogP contribution in [0.1, 0.15) is 11.6 Å². The summed E-state index contributed by atoms with van der Waals surface area (Å²) in [5.74, 6) is 0. The van der Waals surface area contributed by atoms with Crippen molar-refractivity contribution in [1.29, 1.82) is 0 Å². The highest BCUT2D eigenvalue weighted by molar-refractivity contribution is 9.10. The van der Waals surface area contributed by atoms with E-state index in [-0.39, 0.29) is 0 Å². The van der Waals surface area contributed by atoms with Gasteiger partial charge in [-0.15, -0.1) is 0 Å². The van der Waals surface area contributed by atoms with Gasteiger partial charge in [-0.1, -0.05) is 11.6 Å². The topological polar surface area (TPSA) is 37.0 Å². The highest BCUT2D eigenvalue weighted by Gasteiger charge is 2.15. The third kappa shape index (κ3) is 2.45. The Morgan fingerprint density at radius 3 is 2.93 bits per heavy atom. The van der Waals surface area contributed by atoms with Gasteiger partial charge in [-0.25, -0.2) is 4.98 Å². The molecule has 1 saturated heterocycles. The van der Waals surface area contributed by atoms with E-state index in [1.165, 1.54) is 5.56 Å². The Morgan fingerprint density at radius 1 is 1.43 bits per heavy atom. The minimum Gasteiger partial charge on any atom is -0.314 e. The number of rotatable bonds is 1. The van der Waals surface area contributed by atoms with Crippen LogP contribution in [0.25, 0.3) is 0 Å². The molecule has 1 aliphatic rings. The summed E-state index contributed by atoms with van der Waals surface area (Å²) < 4.78 is 0.785. The van der Waals surface area contributed by atoms with Crippen LogP contribution in [0.5, 0.6) is 0 Å². The molecule has 0 amide bonds. The highest BCUT2D eigenvalue weighted by atomic mass is 79.9. The van der Waals surface area contributed by atoms with Crippen LogP contribution in [-0.4, -0.2) is 24.6 Å². The second-order valence-electron chi connectivity index (χ2n) is 3.26. The molecule has 76 valence electrons. The van der Waals surface area contributed by atoms with Crippen molar-refractivity contribution in [2.45, 2.75) is 6.04 Å². The van der Waals surface area contributed by atoms with Crippen LogP contribution in [0.15, 0.2) is 16.7 Å². The van der Waals surface area contributed by atoms with E-state index in [4.69, 9.17) is 11.6 Å². The zero-order chi connectivity index (χ0) is 9.97. The van der Waals surface area contributed by atoms with Crippen LogP contribution in [-0.2, 0) is 0 Å². The lowest BCUT2D eigenvalue weighted by atomic mass is 10.1. The lowest BCUT2D eigenvalue weighted by Crippen LogP contribution is -2.42. The number of pyridine rings is 1. The molecule has 1 aromatic rings. The number of hydrogen-bond donors (Lipinski definition) is 2. The van der Waals surface area contributed by atoms with Crippen LogP contribution in [0.4, 0.5) is 0 Å². The number of piperazine rings is 1. The van der Waals surface area contributed by atoms with Crippen molar-refractivity contribution in [3.05, 3.63) is 27.5 Å². The quantitative estimate of drug-likeness (QED) is 0.767. The molecule has 0 aromatic carbocycles. The molecular weight excluding hydrogens is 265 g/mol. The lowest BCUT2D eigenvalue weighted by Gasteiger charge is -2.24. The average molecular weight is 277 g/mol. The largest absolute Gasteiger partial charge is 0.314 e. The molecule has 0 bridgehead atoms. The van der Waals surface area contributed by atoms with Gasteiger partial charge in [-0.05, 0) is 33.6 Å². The Kier molecular flexibility index (Phi) is 3.38. The van der Waals surface area contributed by atoms with Crippen molar-refractivity contribution >= 4 is 27.5 Å². The molecule has 0 spiro atoms. The zero-order valence-corrected chi connectivity index (χ0v) is 9.90. The van der Waals surface area contributed by atoms with Gasteiger partial charge in [0.15, 0.2) is 0 Å². The van der Waals surface area contributed by atoms with Crippen molar-refractivity contribution in [3.8, 4) is 0 Å². The fourth-order valence-electron chi connectivity index (χ4n) is 1.57. The summed E-state index contributed by atoms with van der Waals surface area (Å²) in [5, 5.41) is 7.28. The minimum atomic E-state index is 0.334. The van der Waals surface area contributed by atoms with Gasteiger partial charge in [0, 0.05) is 25.7 Å². The van der Waals surface area contributed by atoms with Crippen LogP contribution in [0.3, 0.4) is 0 Å². The van der Waals surface area contributed by atoms with E-state index >= 15 is 0 Å². The van der Waals surface area contributed by atoms with E-state index in [9.17, 15) is 0 Å². The molecule has 0 aliphatic carbocycles. The van der Waals surface area contributed by atoms with Gasteiger partial charge in [0.1, 0.15) is 9.76 Å². The molecule has 2 N–H and O–H groups in total. The van der Waals surface area contributed by atoms with E-state index in [2.05, 4.69) is 31.5 Å². The molecule has 2 heterocycles. The molecule has 0 saturated carbocycles. The van der Waals surface area contributed by atoms with Crippen LogP contribution in [0, 0.1) is 0 Å². The molecule has 1 aliphatic heterocycles. The molecule has 1 aromatic heterocycles. The second kappa shape index (κ2) is 4.57. The van der Waals surface area contributed by atoms with Gasteiger partial charge >= 0.3 is 0 Å². The number of hydrogen-bond acceptors (Lipinski definition) is 3. The maximum absolute atomic E-state index is 5.88. The maximum Gasteiger partial charge on any atom is 0.130 e. The molecule has 14 heavy (non-hydrogen) atoms. The summed E-state index contributed by atoms with van der Waals surface area (Å²) in [7, 11) is 0. The van der Waals surface area contributed by atoms with Gasteiger partial charge in [-0.2, -0.15) is 0 Å². The summed E-state index contributed by atoms with van der Waals surface area (Å²) in [6, 6.07) is 4.23. The first kappa shape index (κ1) is 10.4. The first-order valence-electron chi connectivity index (χ1n) is 4.53. The molecule has 2 rings (SSSR count). The molecule has 0 radical (unpaired) electrons. The standard InChI is InChI=1S/C9H11BrClN3/c10-8-3-6(4-9(11)14-8)7-5-12-1-2-13-7/h3-4,7,12-13H,1-2,5H2. The second-order valence-corrected chi connectivity index (χ2v) is 4.46. The van der Waals surface area contributed by atoms with E-state index < -0.39 is 0 Å². The fourth-order valence-corrected chi connectivity index (χ4v) is 2.35. The molecule has 1 fully saturated rings. The van der Waals surface area contributed by atoms with Crippen molar-refractivity contribution in [2.24, 2.45) is 0 Å². The molecule has 5 heteroatoms. The monoisotopic (exact) mass is 275 g/mol. The van der Waals surface area contributed by atoms with E-state index in [0.29, 0.717) is 11.2 Å². The van der Waals surface area contributed by atoms with E-state index in [0.717, 1.165) is 24.2 Å². The number of halogens is 2. The third-order valence-corrected chi connectivity index (χ3v) is 2.83. The predicted octanol–water partition coefficient (Wildman–Crippen LogP) is 1.73. The van der Waals surface area contributed by atoms with Gasteiger partial charge < -0.3 is 10.6 Å². The van der Waals surface area contributed by atoms with Crippen LogP contribution >= 0.6 is 27.5 Å². The number of nitrogens with one attached hydrogen (secondary N) is 2. The van der Waals surface area contributed by atoms with Gasteiger partial charge in [0.05, 0.1) is 0 Å². The highest BCUT2D eigenvalue weighted by Crippen LogP contribution is 2.21. The average Bonchev–Trinajstić information content (AvgIpc) is 2.18. The maximum atomic E-state index is 5.88. The molecule has 1 atom stereocenters. The van der Waals surface area contributed by atoms with Crippen molar-refractivity contribution in [2.75, 3.05) is 19.6 Å². The Hall–Kier alpha value is -0.160. The molecule has 1 unspecified atom stereocenters. The van der Waals surface area contributed by atoms with Gasteiger partial charge in [-0.3, -0.25) is 0 Å². The molecular formula is C9H11BrClN3. The summed E-state index contributed by atoms with van der Waals surface area (Å²) in [4.78, 5) is 4.06. The first-order valence-corrected chi connectivity index (χ1v) is 5.70. The number of nitrogens with zero attached hydrogens (tertiary/aromatic N) is 1. The van der Waals surface area contributed by atoms with Crippen molar-refractivity contribution in [3.63, 3.8) is 0 Å². The van der Waals surface area contributed by atoms with Crippen molar-refractivity contribution < 1.29 is 0 Å². The third-order valence-electron chi connectivity index (χ3n) is 2.23. The summed E-state index contributed by atoms with van der Waals surface area (Å²) in [6.45, 7) is 2.95. The fraction of sp³-hybridized carbons (Fsp3) is 0.444. The Bertz CT molecular complexity index is 306. The first-order chi connectivity index (χ1) is 6.75. The van der Waals surface area contributed by atoms with Gasteiger partial charge in [0.2, 0.25) is 0 Å². The Morgan fingerprint density at radius 2 is 2.29 bits per heavy atom. The van der Waals surface area contributed by atoms with Gasteiger partial charge in [0.25, 0.3) is 0 Å². The summed E-state index contributed by atoms with van der Waals surface area (Å²) in [5.41, 5.74) is 1.17. The van der Waals surface area contributed by atoms with E-state index in [1.807, 2.05) is 12.1 Å². The number of aromatic nitrogens is 1. The predicted molar refractivity (Wildman–Crippen MR) is 60.6 cm³/mol. The van der Waals surface area contributed by atoms with E-state index in [1.54, 1.807) is 0 Å². The normalized spacial score (nSPS) is 22.3. The Balaban J connectivity index is 2.21. The lowest BCUT2D eigenvalue weighted by molar-refractivity contribution is 0.430. The molecule has 3 nitrogen and oxygen atoms in total. The Labute approximate surface area is 96.4 Å². The minimum absolute atomic E-state index is 0.334. The summed E-state index contributed by atoms with van der Waals surface area (Å²) in [6.07, 6.45) is 0. The summed E-state index contributed by atoms with van der Waals surface area (Å²) >= 11 is 9.22. The van der Waals surface area contributed by atoms with Crippen molar-refractivity contribution in [1.82, 2.24) is 15.6 Å². The zero-order valence-electron chi connectivity index (χ0n) is 7.56. The smallest absolute Gasteiger partial charge is 0.130 e. The van der Waals surface area contributed by atoms with Crippen LogP contribution in [0.2, 0.25) is 5.15 Å². The van der Waals surface area contributed by atoms with Crippen LogP contribution < -0.4 is 10.6 Å². The SMILES string of the molecule is Clc1cc(C2CNCCN2)cc(Br)n1.